The normalized spacial score (nSPS) is 14.6. The third-order valence-corrected chi connectivity index (χ3v) is 6.09. The van der Waals surface area contributed by atoms with Crippen LogP contribution in [-0.2, 0) is 4.79 Å². The molecule has 7 heteroatoms. The first-order chi connectivity index (χ1) is 16.0. The third kappa shape index (κ3) is 6.72. The van der Waals surface area contributed by atoms with Crippen molar-refractivity contribution in [3.8, 4) is 11.8 Å². The maximum Gasteiger partial charge on any atom is 0.263 e. The highest BCUT2D eigenvalue weighted by Gasteiger charge is 2.29. The number of benzene rings is 2. The van der Waals surface area contributed by atoms with Crippen LogP contribution in [0.5, 0.6) is 5.75 Å². The van der Waals surface area contributed by atoms with Crippen molar-refractivity contribution in [2.24, 2.45) is 5.92 Å². The number of hydrogen-bond acceptors (Lipinski definition) is 5. The predicted molar refractivity (Wildman–Crippen MR) is 128 cm³/mol. The summed E-state index contributed by atoms with van der Waals surface area (Å²) in [5, 5.41) is 13.6. The molecule has 3 rings (SSSR count). The Morgan fingerprint density at radius 2 is 1.88 bits per heavy atom. The fourth-order valence-corrected chi connectivity index (χ4v) is 4.25. The van der Waals surface area contributed by atoms with Crippen molar-refractivity contribution in [1.82, 2.24) is 10.3 Å². The van der Waals surface area contributed by atoms with Crippen LogP contribution in [0.4, 0.5) is 5.69 Å². The third-order valence-electron chi connectivity index (χ3n) is 6.09. The Morgan fingerprint density at radius 1 is 1.15 bits per heavy atom. The smallest absolute Gasteiger partial charge is 0.263 e. The lowest BCUT2D eigenvalue weighted by Crippen LogP contribution is -2.51. The highest BCUT2D eigenvalue weighted by molar-refractivity contribution is 5.98. The maximum atomic E-state index is 13.5. The van der Waals surface area contributed by atoms with E-state index in [0.29, 0.717) is 30.0 Å². The molecule has 0 spiro atoms. The van der Waals surface area contributed by atoms with Gasteiger partial charge < -0.3 is 10.1 Å². The van der Waals surface area contributed by atoms with E-state index in [2.05, 4.69) is 16.8 Å². The largest absolute Gasteiger partial charge is 0.497 e. The molecule has 7 nitrogen and oxygen atoms in total. The number of carbonyl (C=O) groups is 2. The first kappa shape index (κ1) is 24.1. The lowest BCUT2D eigenvalue weighted by atomic mass is 9.84. The molecule has 2 amide bonds. The summed E-state index contributed by atoms with van der Waals surface area (Å²) < 4.78 is 5.20. The molecular weight excluding hydrogens is 416 g/mol. The molecule has 1 saturated carbocycles. The summed E-state index contributed by atoms with van der Waals surface area (Å²) in [5.41, 5.74) is 4.71. The average Bonchev–Trinajstić information content (AvgIpc) is 2.87. The minimum Gasteiger partial charge on any atom is -0.497 e. The van der Waals surface area contributed by atoms with Crippen LogP contribution >= 0.6 is 0 Å². The van der Waals surface area contributed by atoms with Crippen LogP contribution < -0.4 is 15.5 Å². The van der Waals surface area contributed by atoms with Gasteiger partial charge in [0, 0.05) is 12.1 Å². The summed E-state index contributed by atoms with van der Waals surface area (Å²) >= 11 is 0. The fraction of sp³-hybridized carbons (Fsp3) is 0.423. The fourth-order valence-electron chi connectivity index (χ4n) is 4.25. The molecule has 2 N–H and O–H groups in total. The zero-order valence-corrected chi connectivity index (χ0v) is 19.3. The summed E-state index contributed by atoms with van der Waals surface area (Å²) in [6.07, 6.45) is 6.28. The van der Waals surface area contributed by atoms with Gasteiger partial charge in [-0.25, -0.2) is 0 Å². The van der Waals surface area contributed by atoms with Gasteiger partial charge in [-0.05, 0) is 61.7 Å². The Kier molecular flexibility index (Phi) is 8.71. The SMILES string of the molecule is CCN(Nc1ccc(OC)cc1)C(=O)C(CC1CCCCC1)NC(=O)c1cccc(C#N)c1. The van der Waals surface area contributed by atoms with Crippen molar-refractivity contribution >= 4 is 17.5 Å². The van der Waals surface area contributed by atoms with Crippen LogP contribution in [0.1, 0.15) is 61.4 Å². The zero-order valence-electron chi connectivity index (χ0n) is 19.3. The number of hydrogen-bond donors (Lipinski definition) is 2. The molecule has 0 aliphatic heterocycles. The molecule has 1 aliphatic carbocycles. The van der Waals surface area contributed by atoms with E-state index in [0.717, 1.165) is 37.1 Å². The first-order valence-electron chi connectivity index (χ1n) is 11.6. The number of anilines is 1. The number of nitrogens with zero attached hydrogens (tertiary/aromatic N) is 2. The number of carbonyl (C=O) groups excluding carboxylic acids is 2. The minimum atomic E-state index is -0.656. The number of rotatable bonds is 9. The second-order valence-electron chi connectivity index (χ2n) is 8.38. The highest BCUT2D eigenvalue weighted by Crippen LogP contribution is 2.28. The number of nitriles is 1. The Hall–Kier alpha value is -3.53. The highest BCUT2D eigenvalue weighted by atomic mass is 16.5. The van der Waals surface area contributed by atoms with E-state index in [9.17, 15) is 9.59 Å². The van der Waals surface area contributed by atoms with Crippen LogP contribution in [0.25, 0.3) is 0 Å². The molecule has 1 atom stereocenters. The second-order valence-corrected chi connectivity index (χ2v) is 8.38. The molecule has 33 heavy (non-hydrogen) atoms. The summed E-state index contributed by atoms with van der Waals surface area (Å²) in [6.45, 7) is 2.33. The summed E-state index contributed by atoms with van der Waals surface area (Å²) in [6, 6.07) is 15.3. The van der Waals surface area contributed by atoms with Gasteiger partial charge in [0.2, 0.25) is 0 Å². The number of ether oxygens (including phenoxy) is 1. The van der Waals surface area contributed by atoms with Crippen molar-refractivity contribution in [2.75, 3.05) is 19.1 Å². The number of nitrogens with one attached hydrogen (secondary N) is 2. The van der Waals surface area contributed by atoms with Gasteiger partial charge in [0.05, 0.1) is 24.4 Å². The van der Waals surface area contributed by atoms with Crippen LogP contribution in [0.3, 0.4) is 0 Å². The zero-order chi connectivity index (χ0) is 23.6. The topological polar surface area (TPSA) is 94.5 Å². The van der Waals surface area contributed by atoms with Crippen molar-refractivity contribution < 1.29 is 14.3 Å². The van der Waals surface area contributed by atoms with E-state index in [1.54, 1.807) is 36.4 Å². The van der Waals surface area contributed by atoms with Crippen molar-refractivity contribution in [2.45, 2.75) is 51.5 Å². The maximum absolute atomic E-state index is 13.5. The van der Waals surface area contributed by atoms with Gasteiger partial charge in [-0.1, -0.05) is 38.2 Å². The minimum absolute atomic E-state index is 0.177. The van der Waals surface area contributed by atoms with Gasteiger partial charge in [0.15, 0.2) is 0 Å². The van der Waals surface area contributed by atoms with E-state index in [4.69, 9.17) is 10.00 Å². The average molecular weight is 449 g/mol. The van der Waals surface area contributed by atoms with E-state index in [1.807, 2.05) is 31.2 Å². The molecule has 0 heterocycles. The van der Waals surface area contributed by atoms with Gasteiger partial charge in [-0.2, -0.15) is 5.26 Å². The first-order valence-corrected chi connectivity index (χ1v) is 11.6. The Labute approximate surface area is 195 Å². The quantitative estimate of drug-likeness (QED) is 0.551. The Balaban J connectivity index is 1.77. The molecule has 1 unspecified atom stereocenters. The summed E-state index contributed by atoms with van der Waals surface area (Å²) in [5.74, 6) is 0.612. The molecule has 0 bridgehead atoms. The standard InChI is InChI=1S/C26H32N4O3/c1-3-30(29-22-12-14-23(33-2)15-13-22)26(32)24(17-19-8-5-4-6-9-19)28-25(31)21-11-7-10-20(16-21)18-27/h7,10-16,19,24,29H,3-6,8-9,17H2,1-2H3,(H,28,31). The van der Waals surface area contributed by atoms with Gasteiger partial charge in [0.25, 0.3) is 11.8 Å². The van der Waals surface area contributed by atoms with Crippen molar-refractivity contribution in [1.29, 1.82) is 5.26 Å². The Morgan fingerprint density at radius 3 is 2.52 bits per heavy atom. The Bertz CT molecular complexity index is 978. The van der Waals surface area contributed by atoms with E-state index < -0.39 is 6.04 Å². The van der Waals surface area contributed by atoms with Crippen molar-refractivity contribution in [3.63, 3.8) is 0 Å². The van der Waals surface area contributed by atoms with Gasteiger partial charge in [0.1, 0.15) is 11.8 Å². The lowest BCUT2D eigenvalue weighted by Gasteiger charge is -2.31. The van der Waals surface area contributed by atoms with Crippen LogP contribution in [0.15, 0.2) is 48.5 Å². The number of hydrazine groups is 1. The molecule has 0 saturated heterocycles. The number of methoxy groups -OCH3 is 1. The van der Waals surface area contributed by atoms with Crippen LogP contribution in [-0.4, -0.2) is 36.5 Å². The van der Waals surface area contributed by atoms with Crippen LogP contribution in [0, 0.1) is 17.2 Å². The number of amides is 2. The van der Waals surface area contributed by atoms with E-state index in [1.165, 1.54) is 6.42 Å². The molecule has 2 aromatic rings. The molecule has 1 fully saturated rings. The van der Waals surface area contributed by atoms with E-state index >= 15 is 0 Å². The van der Waals surface area contributed by atoms with Gasteiger partial charge in [-0.3, -0.25) is 20.0 Å². The molecule has 2 aromatic carbocycles. The van der Waals surface area contributed by atoms with Gasteiger partial charge >= 0.3 is 0 Å². The lowest BCUT2D eigenvalue weighted by molar-refractivity contribution is -0.132. The molecule has 174 valence electrons. The monoisotopic (exact) mass is 448 g/mol. The van der Waals surface area contributed by atoms with Crippen LogP contribution in [0.2, 0.25) is 0 Å². The van der Waals surface area contributed by atoms with Crippen molar-refractivity contribution in [3.05, 3.63) is 59.7 Å². The second kappa shape index (κ2) is 11.9. The molecular formula is C26H32N4O3. The summed E-state index contributed by atoms with van der Waals surface area (Å²) in [7, 11) is 1.61. The van der Waals surface area contributed by atoms with E-state index in [-0.39, 0.29) is 11.8 Å². The molecule has 0 radical (unpaired) electrons. The summed E-state index contributed by atoms with van der Waals surface area (Å²) in [4.78, 5) is 26.5. The van der Waals surface area contributed by atoms with Gasteiger partial charge in [-0.15, -0.1) is 0 Å². The molecule has 0 aromatic heterocycles. The molecule has 1 aliphatic rings. The predicted octanol–water partition coefficient (Wildman–Crippen LogP) is 4.51. The number of likely N-dealkylation sites (N-methyl/N-ethyl adjacent to an activating group) is 1.